The van der Waals surface area contributed by atoms with E-state index in [1.165, 1.54) is 5.56 Å². The number of aromatic nitrogens is 2. The van der Waals surface area contributed by atoms with Gasteiger partial charge in [0.05, 0.1) is 11.4 Å². The number of rotatable bonds is 3. The number of hydrogen-bond acceptors (Lipinski definition) is 4. The fourth-order valence-corrected chi connectivity index (χ4v) is 2.97. The summed E-state index contributed by atoms with van der Waals surface area (Å²) >= 11 is 5.97. The van der Waals surface area contributed by atoms with Gasteiger partial charge in [0.2, 0.25) is 5.95 Å². The minimum Gasteiger partial charge on any atom is -0.368 e. The number of fused-ring (bicyclic) bond motifs is 1. The van der Waals surface area contributed by atoms with Crippen molar-refractivity contribution >= 4 is 17.5 Å². The lowest BCUT2D eigenvalue weighted by Gasteiger charge is -2.29. The topological polar surface area (TPSA) is 55.0 Å². The molecule has 1 aliphatic heterocycles. The molecule has 0 fully saturated rings. The number of halogens is 1. The summed E-state index contributed by atoms with van der Waals surface area (Å²) in [5, 5.41) is 0.724. The fourth-order valence-electron chi connectivity index (χ4n) is 2.84. The van der Waals surface area contributed by atoms with Gasteiger partial charge in [-0.25, -0.2) is 9.97 Å². The van der Waals surface area contributed by atoms with Crippen molar-refractivity contribution in [1.82, 2.24) is 14.9 Å². The van der Waals surface area contributed by atoms with Gasteiger partial charge in [-0.15, -0.1) is 0 Å². The Morgan fingerprint density at radius 1 is 1.24 bits per heavy atom. The molecule has 1 aliphatic rings. The molecule has 0 saturated carbocycles. The molecule has 0 radical (unpaired) electrons. The summed E-state index contributed by atoms with van der Waals surface area (Å²) in [5.41, 5.74) is 10.1. The average molecular weight is 303 g/mol. The highest BCUT2D eigenvalue weighted by molar-refractivity contribution is 6.30. The molecule has 5 heteroatoms. The molecular weight excluding hydrogens is 284 g/mol. The van der Waals surface area contributed by atoms with Crippen LogP contribution in [0.15, 0.2) is 24.3 Å². The van der Waals surface area contributed by atoms with Crippen LogP contribution in [0.3, 0.4) is 0 Å². The Bertz CT molecular complexity index is 639. The first kappa shape index (κ1) is 14.3. The normalized spacial score (nSPS) is 15.0. The number of nitrogens with zero attached hydrogens (tertiary/aromatic N) is 3. The van der Waals surface area contributed by atoms with Crippen LogP contribution in [0.2, 0.25) is 5.02 Å². The molecule has 0 amide bonds. The number of benzene rings is 1. The van der Waals surface area contributed by atoms with Gasteiger partial charge in [0.25, 0.3) is 0 Å². The molecule has 3 rings (SSSR count). The molecule has 2 aromatic rings. The second kappa shape index (κ2) is 6.00. The van der Waals surface area contributed by atoms with Crippen molar-refractivity contribution in [1.29, 1.82) is 0 Å². The van der Waals surface area contributed by atoms with Crippen LogP contribution in [-0.2, 0) is 13.0 Å². The molecule has 0 spiro atoms. The highest BCUT2D eigenvalue weighted by Crippen LogP contribution is 2.29. The van der Waals surface area contributed by atoms with Gasteiger partial charge < -0.3 is 5.73 Å². The zero-order chi connectivity index (χ0) is 14.8. The van der Waals surface area contributed by atoms with Crippen LogP contribution in [0.4, 0.5) is 5.95 Å². The van der Waals surface area contributed by atoms with Crippen LogP contribution in [0, 0.1) is 0 Å². The van der Waals surface area contributed by atoms with E-state index in [1.54, 1.807) is 0 Å². The highest BCUT2D eigenvalue weighted by Gasteiger charge is 2.22. The maximum absolute atomic E-state index is 5.97. The van der Waals surface area contributed by atoms with Crippen LogP contribution >= 0.6 is 11.6 Å². The lowest BCUT2D eigenvalue weighted by Crippen LogP contribution is -2.32. The van der Waals surface area contributed by atoms with E-state index in [0.29, 0.717) is 5.95 Å². The van der Waals surface area contributed by atoms with Gasteiger partial charge >= 0.3 is 0 Å². The third-order valence-corrected chi connectivity index (χ3v) is 4.07. The van der Waals surface area contributed by atoms with Crippen molar-refractivity contribution in [3.05, 3.63) is 40.5 Å². The Kier molecular flexibility index (Phi) is 4.08. The summed E-state index contributed by atoms with van der Waals surface area (Å²) in [5.74, 6) is 0.350. The van der Waals surface area contributed by atoms with E-state index < -0.39 is 0 Å². The summed E-state index contributed by atoms with van der Waals surface area (Å²) in [6, 6.07) is 7.74. The number of nitrogen functional groups attached to an aromatic ring is 1. The number of hydrogen-bond donors (Lipinski definition) is 1. The zero-order valence-corrected chi connectivity index (χ0v) is 12.9. The Morgan fingerprint density at radius 2 is 2.00 bits per heavy atom. The molecule has 21 heavy (non-hydrogen) atoms. The lowest BCUT2D eigenvalue weighted by atomic mass is 9.99. The fraction of sp³-hybridized carbons (Fsp3) is 0.375. The standard InChI is InChI=1S/C16H19ClN4/c1-2-8-21-9-7-14-13(10-21)15(20-16(18)19-14)11-3-5-12(17)6-4-11/h3-6H,2,7-10H2,1H3,(H2,18,19,20). The minimum absolute atomic E-state index is 0.350. The van der Waals surface area contributed by atoms with E-state index in [1.807, 2.05) is 24.3 Å². The van der Waals surface area contributed by atoms with Crippen molar-refractivity contribution in [2.24, 2.45) is 0 Å². The molecule has 0 saturated heterocycles. The number of anilines is 1. The van der Waals surface area contributed by atoms with Crippen LogP contribution < -0.4 is 5.73 Å². The maximum atomic E-state index is 5.97. The van der Waals surface area contributed by atoms with Gasteiger partial charge in [0.15, 0.2) is 0 Å². The van der Waals surface area contributed by atoms with Crippen LogP contribution in [-0.4, -0.2) is 28.0 Å². The summed E-state index contributed by atoms with van der Waals surface area (Å²) in [4.78, 5) is 11.3. The van der Waals surface area contributed by atoms with E-state index in [4.69, 9.17) is 17.3 Å². The quantitative estimate of drug-likeness (QED) is 0.946. The molecule has 0 bridgehead atoms. The van der Waals surface area contributed by atoms with Gasteiger partial charge in [-0.05, 0) is 25.1 Å². The van der Waals surface area contributed by atoms with Gasteiger partial charge in [0, 0.05) is 35.7 Å². The van der Waals surface area contributed by atoms with E-state index in [0.717, 1.165) is 54.4 Å². The summed E-state index contributed by atoms with van der Waals surface area (Å²) < 4.78 is 0. The largest absolute Gasteiger partial charge is 0.368 e. The molecule has 0 aliphatic carbocycles. The van der Waals surface area contributed by atoms with Crippen LogP contribution in [0.5, 0.6) is 0 Å². The van der Waals surface area contributed by atoms with Gasteiger partial charge in [0.1, 0.15) is 0 Å². The lowest BCUT2D eigenvalue weighted by molar-refractivity contribution is 0.252. The summed E-state index contributed by atoms with van der Waals surface area (Å²) in [6.07, 6.45) is 2.09. The molecule has 2 N–H and O–H groups in total. The SMILES string of the molecule is CCCN1CCc2nc(N)nc(-c3ccc(Cl)cc3)c2C1. The second-order valence-electron chi connectivity index (χ2n) is 5.39. The zero-order valence-electron chi connectivity index (χ0n) is 12.1. The molecule has 1 aromatic heterocycles. The first-order valence-electron chi connectivity index (χ1n) is 7.31. The average Bonchev–Trinajstić information content (AvgIpc) is 2.48. The third-order valence-electron chi connectivity index (χ3n) is 3.81. The Morgan fingerprint density at radius 3 is 2.71 bits per heavy atom. The van der Waals surface area contributed by atoms with E-state index in [9.17, 15) is 0 Å². The minimum atomic E-state index is 0.350. The van der Waals surface area contributed by atoms with Crippen LogP contribution in [0.25, 0.3) is 11.3 Å². The predicted octanol–water partition coefficient (Wildman–Crippen LogP) is 3.15. The van der Waals surface area contributed by atoms with Crippen molar-refractivity contribution in [2.75, 3.05) is 18.8 Å². The maximum Gasteiger partial charge on any atom is 0.220 e. The van der Waals surface area contributed by atoms with Crippen LogP contribution in [0.1, 0.15) is 24.6 Å². The Labute approximate surface area is 130 Å². The molecule has 110 valence electrons. The third kappa shape index (κ3) is 3.01. The predicted molar refractivity (Wildman–Crippen MR) is 86.2 cm³/mol. The molecule has 1 aromatic carbocycles. The number of nitrogens with two attached hydrogens (primary N) is 1. The Hall–Kier alpha value is -1.65. The van der Waals surface area contributed by atoms with Crippen molar-refractivity contribution in [3.8, 4) is 11.3 Å². The monoisotopic (exact) mass is 302 g/mol. The highest BCUT2D eigenvalue weighted by atomic mass is 35.5. The van der Waals surface area contributed by atoms with Crippen molar-refractivity contribution in [3.63, 3.8) is 0 Å². The summed E-state index contributed by atoms with van der Waals surface area (Å²) in [6.45, 7) is 5.23. The molecule has 0 unspecified atom stereocenters. The first-order chi connectivity index (χ1) is 10.2. The van der Waals surface area contributed by atoms with Crippen molar-refractivity contribution < 1.29 is 0 Å². The van der Waals surface area contributed by atoms with E-state index >= 15 is 0 Å². The molecule has 2 heterocycles. The van der Waals surface area contributed by atoms with Crippen molar-refractivity contribution in [2.45, 2.75) is 26.3 Å². The van der Waals surface area contributed by atoms with Gasteiger partial charge in [-0.2, -0.15) is 0 Å². The molecule has 0 atom stereocenters. The van der Waals surface area contributed by atoms with E-state index in [2.05, 4.69) is 21.8 Å². The first-order valence-corrected chi connectivity index (χ1v) is 7.68. The molecular formula is C16H19ClN4. The molecule has 4 nitrogen and oxygen atoms in total. The van der Waals surface area contributed by atoms with Gasteiger partial charge in [-0.3, -0.25) is 4.90 Å². The van der Waals surface area contributed by atoms with Gasteiger partial charge in [-0.1, -0.05) is 30.7 Å². The summed E-state index contributed by atoms with van der Waals surface area (Å²) in [7, 11) is 0. The van der Waals surface area contributed by atoms with E-state index in [-0.39, 0.29) is 0 Å². The smallest absolute Gasteiger partial charge is 0.220 e. The Balaban J connectivity index is 2.04. The second-order valence-corrected chi connectivity index (χ2v) is 5.83.